The minimum Gasteiger partial charge on any atom is -0.458 e. The van der Waals surface area contributed by atoms with Crippen LogP contribution in [0, 0.1) is 5.92 Å². The summed E-state index contributed by atoms with van der Waals surface area (Å²) in [5.41, 5.74) is 3.95. The van der Waals surface area contributed by atoms with Gasteiger partial charge in [0.05, 0.1) is 11.6 Å². The summed E-state index contributed by atoms with van der Waals surface area (Å²) in [5, 5.41) is 0.376. The molecule has 31 heavy (non-hydrogen) atoms. The molecule has 166 valence electrons. The lowest BCUT2D eigenvalue weighted by molar-refractivity contribution is -0.146. The molecule has 1 aromatic carbocycles. The lowest BCUT2D eigenvalue weighted by atomic mass is 10.0. The first kappa shape index (κ1) is 23.1. The zero-order valence-corrected chi connectivity index (χ0v) is 18.8. The first-order chi connectivity index (χ1) is 14.6. The Morgan fingerprint density at radius 2 is 2.10 bits per heavy atom. The molecule has 0 aliphatic carbocycles. The van der Waals surface area contributed by atoms with Gasteiger partial charge in [0.25, 0.3) is 17.0 Å². The van der Waals surface area contributed by atoms with E-state index in [2.05, 4.69) is 9.71 Å². The Balaban J connectivity index is 1.72. The number of benzene rings is 1. The SMILES string of the molecule is CC(C)CC(C(=O)OC1=NC(C)(C(N)=O)NS1)N1CC(Oc2ccccc2Cl)=CC1=O. The summed E-state index contributed by atoms with van der Waals surface area (Å²) in [4.78, 5) is 42.5. The van der Waals surface area contributed by atoms with Crippen LogP contribution in [-0.2, 0) is 19.1 Å². The van der Waals surface area contributed by atoms with Crippen molar-refractivity contribution in [2.75, 3.05) is 6.54 Å². The maximum Gasteiger partial charge on any atom is 0.336 e. The molecule has 11 heteroatoms. The number of nitrogens with two attached hydrogens (primary N) is 1. The molecule has 0 spiro atoms. The Bertz CT molecular complexity index is 967. The van der Waals surface area contributed by atoms with Crippen LogP contribution in [0.4, 0.5) is 0 Å². The number of primary amides is 1. The van der Waals surface area contributed by atoms with Gasteiger partial charge in [-0.3, -0.25) is 9.59 Å². The number of halogens is 1. The lowest BCUT2D eigenvalue weighted by Gasteiger charge is -2.27. The Hall–Kier alpha value is -2.56. The maximum absolute atomic E-state index is 12.9. The van der Waals surface area contributed by atoms with Gasteiger partial charge in [0, 0.05) is 18.0 Å². The van der Waals surface area contributed by atoms with E-state index in [-0.39, 0.29) is 23.6 Å². The van der Waals surface area contributed by atoms with Crippen LogP contribution in [-0.4, -0.2) is 46.2 Å². The fraction of sp³-hybridized carbons (Fsp3) is 0.400. The van der Waals surface area contributed by atoms with Gasteiger partial charge in [-0.05, 0) is 31.4 Å². The van der Waals surface area contributed by atoms with Crippen LogP contribution in [0.5, 0.6) is 5.75 Å². The number of nitrogens with one attached hydrogen (secondary N) is 1. The first-order valence-electron chi connectivity index (χ1n) is 9.58. The van der Waals surface area contributed by atoms with Crippen molar-refractivity contribution in [2.24, 2.45) is 16.6 Å². The summed E-state index contributed by atoms with van der Waals surface area (Å²) in [6.07, 6.45) is 1.70. The molecular formula is C20H23ClN4O5S. The summed E-state index contributed by atoms with van der Waals surface area (Å²) in [5.74, 6) is -0.838. The van der Waals surface area contributed by atoms with Gasteiger partial charge in [-0.1, -0.05) is 37.6 Å². The Labute approximate surface area is 189 Å². The molecule has 2 aliphatic heterocycles. The predicted molar refractivity (Wildman–Crippen MR) is 117 cm³/mol. The van der Waals surface area contributed by atoms with E-state index in [4.69, 9.17) is 26.8 Å². The number of carbonyl (C=O) groups excluding carboxylic acids is 3. The number of para-hydroxylation sites is 1. The molecule has 2 aliphatic rings. The van der Waals surface area contributed by atoms with Crippen molar-refractivity contribution in [3.63, 3.8) is 0 Å². The van der Waals surface area contributed by atoms with E-state index in [9.17, 15) is 14.4 Å². The number of amides is 2. The highest BCUT2D eigenvalue weighted by atomic mass is 35.5. The van der Waals surface area contributed by atoms with Crippen molar-refractivity contribution in [1.29, 1.82) is 0 Å². The van der Waals surface area contributed by atoms with E-state index in [1.807, 2.05) is 13.8 Å². The zero-order valence-electron chi connectivity index (χ0n) is 17.3. The summed E-state index contributed by atoms with van der Waals surface area (Å²) in [6, 6.07) is 6.04. The number of hydrogen-bond acceptors (Lipinski definition) is 8. The summed E-state index contributed by atoms with van der Waals surface area (Å²) in [7, 11) is 0. The van der Waals surface area contributed by atoms with E-state index >= 15 is 0 Å². The molecule has 0 radical (unpaired) electrons. The summed E-state index contributed by atoms with van der Waals surface area (Å²) in [6.45, 7) is 5.43. The highest BCUT2D eigenvalue weighted by Gasteiger charge is 2.40. The van der Waals surface area contributed by atoms with E-state index < -0.39 is 23.6 Å². The van der Waals surface area contributed by atoms with Crippen molar-refractivity contribution < 1.29 is 23.9 Å². The van der Waals surface area contributed by atoms with Gasteiger partial charge in [0.15, 0.2) is 5.66 Å². The van der Waals surface area contributed by atoms with Crippen molar-refractivity contribution in [3.05, 3.63) is 41.1 Å². The second-order valence-electron chi connectivity index (χ2n) is 7.69. The number of aliphatic imine (C=N–C) groups is 1. The molecule has 3 N–H and O–H groups in total. The number of nitrogens with zero attached hydrogens (tertiary/aromatic N) is 2. The largest absolute Gasteiger partial charge is 0.458 e. The van der Waals surface area contributed by atoms with Gasteiger partial charge in [-0.2, -0.15) is 0 Å². The van der Waals surface area contributed by atoms with Crippen LogP contribution in [0.1, 0.15) is 27.2 Å². The molecule has 2 amide bonds. The van der Waals surface area contributed by atoms with Gasteiger partial charge < -0.3 is 20.1 Å². The minimum absolute atomic E-state index is 0.0350. The highest BCUT2D eigenvalue weighted by Crippen LogP contribution is 2.29. The zero-order chi connectivity index (χ0) is 22.8. The van der Waals surface area contributed by atoms with E-state index in [1.165, 1.54) is 17.9 Å². The number of carbonyl (C=O) groups is 3. The molecule has 0 fully saturated rings. The van der Waals surface area contributed by atoms with Gasteiger partial charge in [0.2, 0.25) is 0 Å². The van der Waals surface area contributed by atoms with E-state index in [0.717, 1.165) is 11.9 Å². The molecule has 0 aromatic heterocycles. The molecule has 3 rings (SSSR count). The van der Waals surface area contributed by atoms with Crippen LogP contribution < -0.4 is 15.2 Å². The normalized spacial score (nSPS) is 21.7. The monoisotopic (exact) mass is 466 g/mol. The van der Waals surface area contributed by atoms with Gasteiger partial charge >= 0.3 is 5.97 Å². The molecule has 0 saturated heterocycles. The Morgan fingerprint density at radius 1 is 1.39 bits per heavy atom. The van der Waals surface area contributed by atoms with Crippen molar-refractivity contribution in [3.8, 4) is 5.75 Å². The topological polar surface area (TPSA) is 123 Å². The Morgan fingerprint density at radius 3 is 2.71 bits per heavy atom. The minimum atomic E-state index is -1.37. The molecule has 1 aromatic rings. The third kappa shape index (κ3) is 5.38. The van der Waals surface area contributed by atoms with Crippen molar-refractivity contribution in [1.82, 2.24) is 9.62 Å². The molecule has 2 atom stereocenters. The highest BCUT2D eigenvalue weighted by molar-refractivity contribution is 8.12. The summed E-state index contributed by atoms with van der Waals surface area (Å²) >= 11 is 7.01. The standard InChI is InChI=1S/C20H23ClN4O5S/c1-11(2)8-14(17(27)30-19-23-20(3,18(22)28)24-31-19)25-10-12(9-16(25)26)29-15-7-5-4-6-13(15)21/h4-7,9,11,14,24H,8,10H2,1-3H3,(H2,22,28). The fourth-order valence-electron chi connectivity index (χ4n) is 2.98. The maximum atomic E-state index is 12.9. The van der Waals surface area contributed by atoms with Crippen molar-refractivity contribution in [2.45, 2.75) is 38.9 Å². The van der Waals surface area contributed by atoms with Gasteiger partial charge in [-0.15, -0.1) is 0 Å². The number of rotatable bonds is 7. The molecule has 0 bridgehead atoms. The molecular weight excluding hydrogens is 444 g/mol. The van der Waals surface area contributed by atoms with Gasteiger partial charge in [0.1, 0.15) is 17.6 Å². The average Bonchev–Trinajstić information content (AvgIpc) is 3.24. The van der Waals surface area contributed by atoms with Crippen LogP contribution in [0.15, 0.2) is 41.1 Å². The van der Waals surface area contributed by atoms with E-state index in [0.29, 0.717) is 23.0 Å². The number of esters is 1. The van der Waals surface area contributed by atoms with Crippen LogP contribution in [0.3, 0.4) is 0 Å². The molecule has 2 unspecified atom stereocenters. The second-order valence-corrected chi connectivity index (χ2v) is 8.86. The quantitative estimate of drug-likeness (QED) is 0.466. The van der Waals surface area contributed by atoms with Gasteiger partial charge in [-0.25, -0.2) is 14.5 Å². The smallest absolute Gasteiger partial charge is 0.336 e. The Kier molecular flexibility index (Phi) is 6.93. The number of ether oxygens (including phenoxy) is 2. The van der Waals surface area contributed by atoms with Crippen molar-refractivity contribution >= 4 is 46.6 Å². The van der Waals surface area contributed by atoms with Crippen LogP contribution in [0.25, 0.3) is 0 Å². The number of hydrogen-bond donors (Lipinski definition) is 2. The fourth-order valence-corrected chi connectivity index (χ4v) is 3.94. The lowest BCUT2D eigenvalue weighted by Crippen LogP contribution is -2.46. The van der Waals surface area contributed by atoms with E-state index in [1.54, 1.807) is 24.3 Å². The summed E-state index contributed by atoms with van der Waals surface area (Å²) < 4.78 is 13.9. The predicted octanol–water partition coefficient (Wildman–Crippen LogP) is 2.21. The molecule has 0 saturated carbocycles. The second kappa shape index (κ2) is 9.29. The third-order valence-corrected chi connectivity index (χ3v) is 5.80. The van der Waals surface area contributed by atoms with Crippen LogP contribution in [0.2, 0.25) is 5.02 Å². The molecule has 9 nitrogen and oxygen atoms in total. The third-order valence-electron chi connectivity index (χ3n) is 4.63. The molecule has 2 heterocycles. The average molecular weight is 467 g/mol. The van der Waals surface area contributed by atoms with Crippen LogP contribution >= 0.6 is 23.5 Å². The first-order valence-corrected chi connectivity index (χ1v) is 10.8.